The second kappa shape index (κ2) is 8.57. The van der Waals surface area contributed by atoms with Crippen LogP contribution in [-0.2, 0) is 22.6 Å². The molecule has 0 aliphatic rings. The molecule has 0 saturated heterocycles. The maximum absolute atomic E-state index is 11.8. The lowest BCUT2D eigenvalue weighted by Crippen LogP contribution is -2.42. The summed E-state index contributed by atoms with van der Waals surface area (Å²) in [4.78, 5) is 23.1. The van der Waals surface area contributed by atoms with Gasteiger partial charge in [-0.15, -0.1) is 0 Å². The molecule has 2 aromatic rings. The first kappa shape index (κ1) is 17.3. The summed E-state index contributed by atoms with van der Waals surface area (Å²) in [6, 6.07) is 15.1. The second-order valence-electron chi connectivity index (χ2n) is 5.15. The largest absolute Gasteiger partial charge is 0.497 e. The maximum atomic E-state index is 11.8. The molecular formula is C18H19NO5. The zero-order valence-electron chi connectivity index (χ0n) is 13.3. The van der Waals surface area contributed by atoms with E-state index in [0.717, 1.165) is 11.1 Å². The van der Waals surface area contributed by atoms with E-state index in [1.54, 1.807) is 31.4 Å². The minimum absolute atomic E-state index is 0.0849. The van der Waals surface area contributed by atoms with E-state index in [-0.39, 0.29) is 13.0 Å². The highest BCUT2D eigenvalue weighted by molar-refractivity contribution is 5.80. The van der Waals surface area contributed by atoms with E-state index in [4.69, 9.17) is 9.47 Å². The van der Waals surface area contributed by atoms with Gasteiger partial charge in [-0.3, -0.25) is 0 Å². The Labute approximate surface area is 140 Å². The first-order valence-corrected chi connectivity index (χ1v) is 7.41. The highest BCUT2D eigenvalue weighted by atomic mass is 16.5. The number of amides is 1. The average molecular weight is 329 g/mol. The van der Waals surface area contributed by atoms with Crippen LogP contribution in [0, 0.1) is 0 Å². The lowest BCUT2D eigenvalue weighted by molar-refractivity contribution is -0.139. The predicted molar refractivity (Wildman–Crippen MR) is 87.9 cm³/mol. The minimum Gasteiger partial charge on any atom is -0.497 e. The van der Waals surface area contributed by atoms with Gasteiger partial charge in [0.25, 0.3) is 0 Å². The Morgan fingerprint density at radius 1 is 1.04 bits per heavy atom. The summed E-state index contributed by atoms with van der Waals surface area (Å²) in [5.74, 6) is -0.441. The molecule has 0 aliphatic heterocycles. The Bertz CT molecular complexity index is 670. The van der Waals surface area contributed by atoms with E-state index >= 15 is 0 Å². The number of carbonyl (C=O) groups is 2. The normalized spacial score (nSPS) is 11.4. The molecule has 1 atom stereocenters. The van der Waals surface area contributed by atoms with Crippen LogP contribution in [0.4, 0.5) is 4.79 Å². The summed E-state index contributed by atoms with van der Waals surface area (Å²) in [7, 11) is 1.55. The minimum atomic E-state index is -1.12. The molecule has 2 N–H and O–H groups in total. The van der Waals surface area contributed by atoms with Gasteiger partial charge in [0.15, 0.2) is 0 Å². The second-order valence-corrected chi connectivity index (χ2v) is 5.15. The number of carboxylic acids is 1. The van der Waals surface area contributed by atoms with Crippen molar-refractivity contribution in [3.8, 4) is 5.75 Å². The SMILES string of the molecule is COc1ccc(CC(NC(=O)OCc2ccccc2)C(=O)O)cc1. The Morgan fingerprint density at radius 2 is 1.71 bits per heavy atom. The number of methoxy groups -OCH3 is 1. The molecule has 24 heavy (non-hydrogen) atoms. The van der Waals surface area contributed by atoms with E-state index < -0.39 is 18.1 Å². The van der Waals surface area contributed by atoms with Gasteiger partial charge in [-0.25, -0.2) is 9.59 Å². The molecule has 6 heteroatoms. The van der Waals surface area contributed by atoms with Crippen molar-refractivity contribution in [2.75, 3.05) is 7.11 Å². The zero-order chi connectivity index (χ0) is 17.4. The predicted octanol–water partition coefficient (Wildman–Crippen LogP) is 2.62. The molecule has 0 aromatic heterocycles. The first-order valence-electron chi connectivity index (χ1n) is 7.41. The van der Waals surface area contributed by atoms with Crippen LogP contribution in [0.5, 0.6) is 5.75 Å². The molecular weight excluding hydrogens is 310 g/mol. The first-order chi connectivity index (χ1) is 11.6. The van der Waals surface area contributed by atoms with Gasteiger partial charge in [0.2, 0.25) is 0 Å². The monoisotopic (exact) mass is 329 g/mol. The van der Waals surface area contributed by atoms with Crippen molar-refractivity contribution < 1.29 is 24.2 Å². The summed E-state index contributed by atoms with van der Waals surface area (Å²) in [5, 5.41) is 11.6. The molecule has 6 nitrogen and oxygen atoms in total. The number of rotatable bonds is 7. The van der Waals surface area contributed by atoms with Gasteiger partial charge in [-0.2, -0.15) is 0 Å². The quantitative estimate of drug-likeness (QED) is 0.815. The van der Waals surface area contributed by atoms with Gasteiger partial charge in [0.05, 0.1) is 7.11 Å². The summed E-state index contributed by atoms with van der Waals surface area (Å²) >= 11 is 0. The van der Waals surface area contributed by atoms with Gasteiger partial charge < -0.3 is 19.9 Å². The smallest absolute Gasteiger partial charge is 0.408 e. The molecule has 0 heterocycles. The number of hydrogen-bond donors (Lipinski definition) is 2. The Balaban J connectivity index is 1.90. The standard InChI is InChI=1S/C18H19NO5/c1-23-15-9-7-13(8-10-15)11-16(17(20)21)19-18(22)24-12-14-5-3-2-4-6-14/h2-10,16H,11-12H2,1H3,(H,19,22)(H,20,21). The number of nitrogens with one attached hydrogen (secondary N) is 1. The van der Waals surface area contributed by atoms with Crippen molar-refractivity contribution in [3.05, 3.63) is 65.7 Å². The van der Waals surface area contributed by atoms with Crippen molar-refractivity contribution in [2.24, 2.45) is 0 Å². The number of alkyl carbamates (subject to hydrolysis) is 1. The van der Waals surface area contributed by atoms with Gasteiger partial charge in [-0.1, -0.05) is 42.5 Å². The van der Waals surface area contributed by atoms with Crippen LogP contribution in [-0.4, -0.2) is 30.3 Å². The molecule has 0 fully saturated rings. The van der Waals surface area contributed by atoms with E-state index in [0.29, 0.717) is 5.75 Å². The van der Waals surface area contributed by atoms with Crippen LogP contribution in [0.2, 0.25) is 0 Å². The van der Waals surface area contributed by atoms with Crippen LogP contribution in [0.15, 0.2) is 54.6 Å². The van der Waals surface area contributed by atoms with Gasteiger partial charge in [0.1, 0.15) is 18.4 Å². The van der Waals surface area contributed by atoms with Gasteiger partial charge >= 0.3 is 12.1 Å². The van der Waals surface area contributed by atoms with Crippen LogP contribution in [0.1, 0.15) is 11.1 Å². The molecule has 0 spiro atoms. The molecule has 0 saturated carbocycles. The van der Waals surface area contributed by atoms with Crippen molar-refractivity contribution in [2.45, 2.75) is 19.1 Å². The Kier molecular flexibility index (Phi) is 6.19. The third-order valence-corrected chi connectivity index (χ3v) is 3.40. The van der Waals surface area contributed by atoms with Gasteiger partial charge in [-0.05, 0) is 23.3 Å². The van der Waals surface area contributed by atoms with Crippen molar-refractivity contribution in [1.82, 2.24) is 5.32 Å². The van der Waals surface area contributed by atoms with Crippen molar-refractivity contribution in [3.63, 3.8) is 0 Å². The summed E-state index contributed by atoms with van der Waals surface area (Å²) in [6.45, 7) is 0.0849. The van der Waals surface area contributed by atoms with Crippen LogP contribution < -0.4 is 10.1 Å². The molecule has 1 unspecified atom stereocenters. The fourth-order valence-electron chi connectivity index (χ4n) is 2.10. The summed E-state index contributed by atoms with van der Waals surface area (Å²) < 4.78 is 10.1. The molecule has 0 radical (unpaired) electrons. The average Bonchev–Trinajstić information content (AvgIpc) is 2.61. The van der Waals surface area contributed by atoms with E-state index in [1.807, 2.05) is 30.3 Å². The summed E-state index contributed by atoms with van der Waals surface area (Å²) in [5.41, 5.74) is 1.60. The van der Waals surface area contributed by atoms with E-state index in [9.17, 15) is 14.7 Å². The molecule has 126 valence electrons. The Morgan fingerprint density at radius 3 is 2.29 bits per heavy atom. The fraction of sp³-hybridized carbons (Fsp3) is 0.222. The lowest BCUT2D eigenvalue weighted by atomic mass is 10.1. The van der Waals surface area contributed by atoms with Crippen LogP contribution in [0.3, 0.4) is 0 Å². The molecule has 2 aromatic carbocycles. The molecule has 1 amide bonds. The molecule has 0 bridgehead atoms. The van der Waals surface area contributed by atoms with E-state index in [2.05, 4.69) is 5.32 Å². The zero-order valence-corrected chi connectivity index (χ0v) is 13.3. The number of carboxylic acid groups (broad SMARTS) is 1. The van der Waals surface area contributed by atoms with Crippen LogP contribution >= 0.6 is 0 Å². The number of hydrogen-bond acceptors (Lipinski definition) is 4. The summed E-state index contributed by atoms with van der Waals surface area (Å²) in [6.07, 6.45) is -0.612. The third-order valence-electron chi connectivity index (χ3n) is 3.40. The van der Waals surface area contributed by atoms with Crippen molar-refractivity contribution >= 4 is 12.1 Å². The number of benzene rings is 2. The molecule has 0 aliphatic carbocycles. The molecule has 2 rings (SSSR count). The number of aliphatic carboxylic acids is 1. The maximum Gasteiger partial charge on any atom is 0.408 e. The van der Waals surface area contributed by atoms with E-state index in [1.165, 1.54) is 0 Å². The lowest BCUT2D eigenvalue weighted by Gasteiger charge is -2.15. The third kappa shape index (κ3) is 5.31. The fourth-order valence-corrected chi connectivity index (χ4v) is 2.10. The van der Waals surface area contributed by atoms with Crippen molar-refractivity contribution in [1.29, 1.82) is 0 Å². The van der Waals surface area contributed by atoms with Gasteiger partial charge in [0, 0.05) is 6.42 Å². The highest BCUT2D eigenvalue weighted by Gasteiger charge is 2.21. The number of ether oxygens (including phenoxy) is 2. The number of carbonyl (C=O) groups excluding carboxylic acids is 1. The Hall–Kier alpha value is -3.02. The topological polar surface area (TPSA) is 84.9 Å². The van der Waals surface area contributed by atoms with Crippen LogP contribution in [0.25, 0.3) is 0 Å². The highest BCUT2D eigenvalue weighted by Crippen LogP contribution is 2.13.